The normalized spacial score (nSPS) is 10.6. The lowest BCUT2D eigenvalue weighted by Gasteiger charge is -2.07. The Morgan fingerprint density at radius 3 is 2.61 bits per heavy atom. The molecule has 1 aromatic carbocycles. The average Bonchev–Trinajstić information content (AvgIpc) is 3.41. The molecule has 0 aliphatic rings. The van der Waals surface area contributed by atoms with Crippen LogP contribution in [-0.2, 0) is 11.2 Å². The second-order valence-electron chi connectivity index (χ2n) is 5.85. The van der Waals surface area contributed by atoms with E-state index in [-0.39, 0.29) is 12.3 Å². The van der Waals surface area contributed by atoms with Crippen LogP contribution < -0.4 is 10.1 Å². The van der Waals surface area contributed by atoms with Crippen LogP contribution in [0.15, 0.2) is 70.8 Å². The Morgan fingerprint density at radius 2 is 1.86 bits per heavy atom. The summed E-state index contributed by atoms with van der Waals surface area (Å²) in [5.41, 5.74) is 0.692. The van der Waals surface area contributed by atoms with Gasteiger partial charge in [-0.15, -0.1) is 11.3 Å². The number of hydrogen-bond acceptors (Lipinski definition) is 7. The minimum Gasteiger partial charge on any atom is -0.457 e. The quantitative estimate of drug-likeness (QED) is 0.496. The second kappa shape index (κ2) is 8.45. The predicted octanol–water partition coefficient (Wildman–Crippen LogP) is 4.56. The minimum atomic E-state index is -0.126. The summed E-state index contributed by atoms with van der Waals surface area (Å²) in [6.45, 7) is 0. The molecule has 0 radical (unpaired) electrons. The maximum Gasteiger partial charge on any atom is 0.227 e. The first-order valence-electron chi connectivity index (χ1n) is 8.60. The van der Waals surface area contributed by atoms with Gasteiger partial charge in [0.15, 0.2) is 0 Å². The summed E-state index contributed by atoms with van der Waals surface area (Å²) in [6, 6.07) is 14.6. The third-order valence-electron chi connectivity index (χ3n) is 3.80. The Labute approximate surface area is 165 Å². The van der Waals surface area contributed by atoms with Crippen LogP contribution >= 0.6 is 11.3 Å². The highest BCUT2D eigenvalue weighted by molar-refractivity contribution is 7.13. The molecule has 0 saturated carbocycles. The van der Waals surface area contributed by atoms with Crippen LogP contribution in [0.5, 0.6) is 11.5 Å². The number of carbonyl (C=O) groups excluding carboxylic acids is 1. The lowest BCUT2D eigenvalue weighted by Crippen LogP contribution is -2.12. The average molecular weight is 392 g/mol. The Morgan fingerprint density at radius 1 is 1.07 bits per heavy atom. The van der Waals surface area contributed by atoms with Gasteiger partial charge in [-0.2, -0.15) is 4.98 Å². The van der Waals surface area contributed by atoms with Crippen molar-refractivity contribution >= 4 is 22.9 Å². The third kappa shape index (κ3) is 4.60. The summed E-state index contributed by atoms with van der Waals surface area (Å²) in [6.07, 6.45) is 3.96. The lowest BCUT2D eigenvalue weighted by molar-refractivity contribution is -0.116. The van der Waals surface area contributed by atoms with Crippen LogP contribution in [0.1, 0.15) is 12.3 Å². The lowest BCUT2D eigenvalue weighted by atomic mass is 10.2. The van der Waals surface area contributed by atoms with Crippen molar-refractivity contribution in [1.82, 2.24) is 15.1 Å². The fraction of sp³-hybridized carbons (Fsp3) is 0.100. The number of rotatable bonds is 7. The molecule has 0 fully saturated rings. The monoisotopic (exact) mass is 392 g/mol. The van der Waals surface area contributed by atoms with Crippen LogP contribution in [0.25, 0.3) is 10.7 Å². The third-order valence-corrected chi connectivity index (χ3v) is 4.66. The fourth-order valence-corrected chi connectivity index (χ4v) is 3.10. The summed E-state index contributed by atoms with van der Waals surface area (Å²) < 4.78 is 10.9. The Bertz CT molecular complexity index is 1030. The summed E-state index contributed by atoms with van der Waals surface area (Å²) in [7, 11) is 0. The van der Waals surface area contributed by atoms with Crippen LogP contribution in [0, 0.1) is 0 Å². The smallest absolute Gasteiger partial charge is 0.227 e. The number of nitrogens with zero attached hydrogens (tertiary/aromatic N) is 3. The van der Waals surface area contributed by atoms with Crippen molar-refractivity contribution in [1.29, 1.82) is 0 Å². The number of ether oxygens (including phenoxy) is 1. The first-order valence-corrected chi connectivity index (χ1v) is 9.48. The van der Waals surface area contributed by atoms with Crippen LogP contribution in [0.4, 0.5) is 5.69 Å². The highest BCUT2D eigenvalue weighted by atomic mass is 32.1. The van der Waals surface area contributed by atoms with E-state index in [4.69, 9.17) is 9.26 Å². The number of hydrogen-bond donors (Lipinski definition) is 1. The summed E-state index contributed by atoms with van der Waals surface area (Å²) in [5.74, 6) is 2.25. The van der Waals surface area contributed by atoms with Crippen molar-refractivity contribution in [3.05, 3.63) is 72.2 Å². The number of anilines is 1. The number of amides is 1. The van der Waals surface area contributed by atoms with Crippen molar-refractivity contribution < 1.29 is 14.1 Å². The number of aryl methyl sites for hydroxylation is 1. The molecule has 0 aliphatic heterocycles. The molecule has 8 heteroatoms. The number of carbonyl (C=O) groups is 1. The molecule has 140 valence electrons. The number of thiophene rings is 1. The SMILES string of the molecule is O=C(CCc1nc(-c2cccs2)no1)Nc1ccc(Oc2ccncc2)cc1. The van der Waals surface area contributed by atoms with Crippen molar-refractivity contribution in [3.63, 3.8) is 0 Å². The van der Waals surface area contributed by atoms with E-state index in [9.17, 15) is 4.79 Å². The standard InChI is InChI=1S/C20H16N4O3S/c25-18(7-8-19-23-20(24-27-19)17-2-1-13-28-17)22-14-3-5-15(6-4-14)26-16-9-11-21-12-10-16/h1-6,9-13H,7-8H2,(H,22,25). The fourth-order valence-electron chi connectivity index (χ4n) is 2.45. The van der Waals surface area contributed by atoms with Gasteiger partial charge < -0.3 is 14.6 Å². The number of nitrogens with one attached hydrogen (secondary N) is 1. The number of aromatic nitrogens is 3. The predicted molar refractivity (Wildman–Crippen MR) is 105 cm³/mol. The van der Waals surface area contributed by atoms with Gasteiger partial charge in [-0.05, 0) is 47.8 Å². The molecule has 0 aliphatic carbocycles. The molecular weight excluding hydrogens is 376 g/mol. The van der Waals surface area contributed by atoms with Crippen LogP contribution in [0.2, 0.25) is 0 Å². The molecule has 7 nitrogen and oxygen atoms in total. The Kier molecular flexibility index (Phi) is 5.39. The first-order chi connectivity index (χ1) is 13.8. The summed E-state index contributed by atoms with van der Waals surface area (Å²) in [4.78, 5) is 21.4. The van der Waals surface area contributed by atoms with E-state index in [1.165, 1.54) is 11.3 Å². The first kappa shape index (κ1) is 17.9. The second-order valence-corrected chi connectivity index (χ2v) is 6.79. The number of benzene rings is 1. The van der Waals surface area contributed by atoms with Gasteiger partial charge in [0.2, 0.25) is 17.6 Å². The zero-order chi connectivity index (χ0) is 19.2. The Hall–Kier alpha value is -3.52. The summed E-state index contributed by atoms with van der Waals surface area (Å²) >= 11 is 1.54. The van der Waals surface area contributed by atoms with E-state index in [1.807, 2.05) is 17.5 Å². The molecule has 1 amide bonds. The van der Waals surface area contributed by atoms with Gasteiger partial charge in [-0.1, -0.05) is 11.2 Å². The van der Waals surface area contributed by atoms with E-state index in [2.05, 4.69) is 20.4 Å². The van der Waals surface area contributed by atoms with Crippen LogP contribution in [0.3, 0.4) is 0 Å². The van der Waals surface area contributed by atoms with Crippen molar-refractivity contribution in [2.24, 2.45) is 0 Å². The van der Waals surface area contributed by atoms with Gasteiger partial charge in [0.25, 0.3) is 0 Å². The van der Waals surface area contributed by atoms with Gasteiger partial charge in [0, 0.05) is 30.9 Å². The highest BCUT2D eigenvalue weighted by Gasteiger charge is 2.11. The van der Waals surface area contributed by atoms with Gasteiger partial charge in [-0.25, -0.2) is 0 Å². The molecule has 4 aromatic rings. The van der Waals surface area contributed by atoms with Gasteiger partial charge in [0.1, 0.15) is 11.5 Å². The van der Waals surface area contributed by atoms with Crippen molar-refractivity contribution in [2.45, 2.75) is 12.8 Å². The molecule has 0 unspecified atom stereocenters. The van der Waals surface area contributed by atoms with E-state index in [0.717, 1.165) is 4.88 Å². The molecule has 4 rings (SSSR count). The number of pyridine rings is 1. The zero-order valence-electron chi connectivity index (χ0n) is 14.7. The van der Waals surface area contributed by atoms with E-state index in [0.29, 0.717) is 35.3 Å². The molecular formula is C20H16N4O3S. The molecule has 0 saturated heterocycles. The minimum absolute atomic E-state index is 0.126. The van der Waals surface area contributed by atoms with Crippen molar-refractivity contribution in [3.8, 4) is 22.2 Å². The van der Waals surface area contributed by atoms with Crippen LogP contribution in [-0.4, -0.2) is 21.0 Å². The van der Waals surface area contributed by atoms with Gasteiger partial charge in [0.05, 0.1) is 4.88 Å². The maximum atomic E-state index is 12.2. The van der Waals surface area contributed by atoms with Crippen molar-refractivity contribution in [2.75, 3.05) is 5.32 Å². The largest absolute Gasteiger partial charge is 0.457 e. The molecule has 0 atom stereocenters. The topological polar surface area (TPSA) is 90.1 Å². The molecule has 28 heavy (non-hydrogen) atoms. The van der Waals surface area contributed by atoms with E-state index >= 15 is 0 Å². The highest BCUT2D eigenvalue weighted by Crippen LogP contribution is 2.23. The summed E-state index contributed by atoms with van der Waals surface area (Å²) in [5, 5.41) is 8.74. The zero-order valence-corrected chi connectivity index (χ0v) is 15.6. The van der Waals surface area contributed by atoms with Gasteiger partial charge in [-0.3, -0.25) is 9.78 Å². The molecule has 1 N–H and O–H groups in total. The van der Waals surface area contributed by atoms with E-state index < -0.39 is 0 Å². The molecule has 0 spiro atoms. The van der Waals surface area contributed by atoms with Gasteiger partial charge >= 0.3 is 0 Å². The maximum absolute atomic E-state index is 12.2. The van der Waals surface area contributed by atoms with E-state index in [1.54, 1.807) is 48.8 Å². The molecule has 3 aromatic heterocycles. The molecule has 0 bridgehead atoms. The molecule has 3 heterocycles. The Balaban J connectivity index is 1.28.